The SMILES string of the molecule is C=CCO[C@@]1(C=C)O[C@H](COCc2ccccc2)[C@H](OCc2ccccc2)[C@H](n2cc(-c3cc(F)c(F)c(F)c3)nn2)[C@H]1OCc1ccccc1. The molecule has 0 saturated carbocycles. The number of aromatic nitrogens is 3. The molecule has 0 radical (unpaired) electrons. The Balaban J connectivity index is 1.44. The fourth-order valence-electron chi connectivity index (χ4n) is 6.02. The van der Waals surface area contributed by atoms with Gasteiger partial charge in [-0.25, -0.2) is 17.9 Å². The summed E-state index contributed by atoms with van der Waals surface area (Å²) in [6, 6.07) is 29.8. The first-order valence-corrected chi connectivity index (χ1v) is 16.5. The summed E-state index contributed by atoms with van der Waals surface area (Å²) < 4.78 is 76.8. The quantitative estimate of drug-likeness (QED) is 0.0771. The molecule has 1 saturated heterocycles. The molecule has 1 fully saturated rings. The molecule has 1 aromatic heterocycles. The van der Waals surface area contributed by atoms with E-state index in [-0.39, 0.29) is 37.7 Å². The van der Waals surface area contributed by atoms with Gasteiger partial charge in [-0.15, -0.1) is 11.7 Å². The zero-order valence-corrected chi connectivity index (χ0v) is 27.8. The lowest BCUT2D eigenvalue weighted by Gasteiger charge is -2.51. The number of rotatable bonds is 16. The molecule has 0 spiro atoms. The highest BCUT2D eigenvalue weighted by molar-refractivity contribution is 5.58. The highest BCUT2D eigenvalue weighted by Crippen LogP contribution is 2.43. The summed E-state index contributed by atoms with van der Waals surface area (Å²) in [7, 11) is 0. The molecule has 51 heavy (non-hydrogen) atoms. The van der Waals surface area contributed by atoms with Gasteiger partial charge in [-0.3, -0.25) is 0 Å². The van der Waals surface area contributed by atoms with Gasteiger partial charge in [0, 0.05) is 5.56 Å². The first-order chi connectivity index (χ1) is 24.9. The molecule has 5 atom stereocenters. The van der Waals surface area contributed by atoms with E-state index in [1.54, 1.807) is 6.08 Å². The summed E-state index contributed by atoms with van der Waals surface area (Å²) in [5, 5.41) is 8.65. The minimum absolute atomic E-state index is 0.00569. The average molecular weight is 698 g/mol. The van der Waals surface area contributed by atoms with Gasteiger partial charge in [0.2, 0.25) is 5.79 Å². The van der Waals surface area contributed by atoms with Crippen molar-refractivity contribution in [1.29, 1.82) is 0 Å². The largest absolute Gasteiger partial charge is 0.374 e. The van der Waals surface area contributed by atoms with Crippen LogP contribution in [0, 0.1) is 17.5 Å². The third-order valence-corrected chi connectivity index (χ3v) is 8.50. The first-order valence-electron chi connectivity index (χ1n) is 16.5. The van der Waals surface area contributed by atoms with Crippen molar-refractivity contribution < 1.29 is 36.9 Å². The Morgan fingerprint density at radius 1 is 0.784 bits per heavy atom. The standard InChI is InChI=1S/C40H38F3N3O5/c1-3-20-50-40(4-2)39(49-26-30-18-12-7-13-19-30)37(46-23-34(44-45-46)31-21-32(41)36(43)33(42)22-31)38(48-25-29-16-10-6-11-17-29)35(51-40)27-47-24-28-14-8-5-9-15-28/h3-19,21-23,35,37-39H,1-2,20,24-27H2/t35-,37+,38+,39-,40+/m1/s1. The van der Waals surface area contributed by atoms with Crippen LogP contribution in [0.4, 0.5) is 13.2 Å². The lowest BCUT2D eigenvalue weighted by atomic mass is 9.89. The number of ether oxygens (including phenoxy) is 5. The maximum Gasteiger partial charge on any atom is 0.217 e. The molecule has 264 valence electrons. The molecule has 0 amide bonds. The first kappa shape index (κ1) is 35.9. The van der Waals surface area contributed by atoms with E-state index in [1.807, 2.05) is 91.0 Å². The van der Waals surface area contributed by atoms with E-state index in [2.05, 4.69) is 23.5 Å². The molecule has 2 heterocycles. The van der Waals surface area contributed by atoms with Crippen molar-refractivity contribution in [3.63, 3.8) is 0 Å². The fraction of sp³-hybridized carbons (Fsp3) is 0.250. The summed E-state index contributed by atoms with van der Waals surface area (Å²) in [4.78, 5) is 0. The van der Waals surface area contributed by atoms with Crippen LogP contribution in [0.1, 0.15) is 22.7 Å². The molecule has 0 N–H and O–H groups in total. The van der Waals surface area contributed by atoms with Gasteiger partial charge in [0.25, 0.3) is 0 Å². The second-order valence-electron chi connectivity index (χ2n) is 12.0. The van der Waals surface area contributed by atoms with Crippen molar-refractivity contribution in [2.75, 3.05) is 13.2 Å². The Morgan fingerprint density at radius 3 is 1.92 bits per heavy atom. The molecule has 1 aliphatic heterocycles. The van der Waals surface area contributed by atoms with Gasteiger partial charge in [0.1, 0.15) is 30.0 Å². The predicted molar refractivity (Wildman–Crippen MR) is 184 cm³/mol. The van der Waals surface area contributed by atoms with Crippen LogP contribution in [0.15, 0.2) is 135 Å². The summed E-state index contributed by atoms with van der Waals surface area (Å²) in [5.74, 6) is -5.86. The molecule has 1 aliphatic rings. The van der Waals surface area contributed by atoms with Crippen LogP contribution in [0.25, 0.3) is 11.3 Å². The average Bonchev–Trinajstić information content (AvgIpc) is 3.66. The van der Waals surface area contributed by atoms with Gasteiger partial charge in [-0.1, -0.05) is 109 Å². The number of halogens is 3. The van der Waals surface area contributed by atoms with Crippen molar-refractivity contribution >= 4 is 0 Å². The van der Waals surface area contributed by atoms with E-state index in [9.17, 15) is 13.2 Å². The predicted octanol–water partition coefficient (Wildman–Crippen LogP) is 7.77. The number of hydrogen-bond donors (Lipinski definition) is 0. The lowest BCUT2D eigenvalue weighted by molar-refractivity contribution is -0.344. The minimum Gasteiger partial charge on any atom is -0.374 e. The molecule has 6 rings (SSSR count). The summed E-state index contributed by atoms with van der Waals surface area (Å²) in [6.45, 7) is 8.70. The van der Waals surface area contributed by atoms with Crippen LogP contribution in [-0.4, -0.2) is 52.3 Å². The molecule has 5 aromatic rings. The van der Waals surface area contributed by atoms with Crippen LogP contribution in [-0.2, 0) is 43.5 Å². The maximum absolute atomic E-state index is 14.3. The molecule has 0 aliphatic carbocycles. The third kappa shape index (κ3) is 8.53. The zero-order valence-electron chi connectivity index (χ0n) is 27.8. The van der Waals surface area contributed by atoms with Gasteiger partial charge < -0.3 is 23.7 Å². The molecule has 4 aromatic carbocycles. The Hall–Kier alpha value is -4.91. The maximum atomic E-state index is 14.3. The minimum atomic E-state index is -1.58. The van der Waals surface area contributed by atoms with Crippen LogP contribution in [0.2, 0.25) is 0 Å². The van der Waals surface area contributed by atoms with E-state index < -0.39 is 47.6 Å². The Morgan fingerprint density at radius 2 is 1.35 bits per heavy atom. The van der Waals surface area contributed by atoms with E-state index in [4.69, 9.17) is 23.7 Å². The van der Waals surface area contributed by atoms with Crippen molar-refractivity contribution in [3.05, 3.63) is 169 Å². The summed E-state index contributed by atoms with van der Waals surface area (Å²) >= 11 is 0. The molecule has 8 nitrogen and oxygen atoms in total. The van der Waals surface area contributed by atoms with Crippen LogP contribution in [0.5, 0.6) is 0 Å². The van der Waals surface area contributed by atoms with Gasteiger partial charge >= 0.3 is 0 Å². The van der Waals surface area contributed by atoms with Gasteiger partial charge in [0.05, 0.1) is 39.2 Å². The topological polar surface area (TPSA) is 76.9 Å². The van der Waals surface area contributed by atoms with Gasteiger partial charge in [-0.05, 0) is 34.9 Å². The number of benzene rings is 4. The number of nitrogens with zero attached hydrogens (tertiary/aromatic N) is 3. The van der Waals surface area contributed by atoms with Crippen molar-refractivity contribution in [2.45, 2.75) is 50.0 Å². The van der Waals surface area contributed by atoms with E-state index in [0.717, 1.165) is 28.8 Å². The van der Waals surface area contributed by atoms with E-state index in [1.165, 1.54) is 17.0 Å². The van der Waals surface area contributed by atoms with Crippen LogP contribution >= 0.6 is 0 Å². The third-order valence-electron chi connectivity index (χ3n) is 8.50. The molecular formula is C40H38F3N3O5. The molecular weight excluding hydrogens is 659 g/mol. The van der Waals surface area contributed by atoms with E-state index >= 15 is 0 Å². The number of hydrogen-bond acceptors (Lipinski definition) is 7. The molecule has 11 heteroatoms. The summed E-state index contributed by atoms with van der Waals surface area (Å²) in [5.41, 5.74) is 2.84. The van der Waals surface area contributed by atoms with Crippen molar-refractivity contribution in [2.24, 2.45) is 0 Å². The van der Waals surface area contributed by atoms with Crippen LogP contribution in [0.3, 0.4) is 0 Å². The molecule has 0 unspecified atom stereocenters. The molecule has 0 bridgehead atoms. The van der Waals surface area contributed by atoms with Crippen molar-refractivity contribution in [3.8, 4) is 11.3 Å². The second kappa shape index (κ2) is 16.9. The fourth-order valence-corrected chi connectivity index (χ4v) is 6.02. The highest BCUT2D eigenvalue weighted by Gasteiger charge is 2.57. The smallest absolute Gasteiger partial charge is 0.217 e. The Bertz CT molecular complexity index is 1860. The van der Waals surface area contributed by atoms with Crippen molar-refractivity contribution in [1.82, 2.24) is 15.0 Å². The normalized spacial score (nSPS) is 21.7. The summed E-state index contributed by atoms with van der Waals surface area (Å²) in [6.07, 6.45) is 2.05. The van der Waals surface area contributed by atoms with Crippen LogP contribution < -0.4 is 0 Å². The second-order valence-corrected chi connectivity index (χ2v) is 12.0. The zero-order chi connectivity index (χ0) is 35.6. The van der Waals surface area contributed by atoms with Gasteiger partial charge in [0.15, 0.2) is 17.5 Å². The van der Waals surface area contributed by atoms with E-state index in [0.29, 0.717) is 6.61 Å². The Labute approximate surface area is 294 Å². The monoisotopic (exact) mass is 697 g/mol. The lowest BCUT2D eigenvalue weighted by Crippen LogP contribution is -2.64. The highest BCUT2D eigenvalue weighted by atomic mass is 19.2. The Kier molecular flexibility index (Phi) is 11.9. The van der Waals surface area contributed by atoms with Gasteiger partial charge in [-0.2, -0.15) is 0 Å².